The zero-order valence-corrected chi connectivity index (χ0v) is 11.4. The number of rotatable bonds is 3. The van der Waals surface area contributed by atoms with Crippen LogP contribution < -0.4 is 5.32 Å². The van der Waals surface area contributed by atoms with Crippen LogP contribution in [0.5, 0.6) is 0 Å². The van der Waals surface area contributed by atoms with Crippen molar-refractivity contribution in [3.05, 3.63) is 62.6 Å². The van der Waals surface area contributed by atoms with Gasteiger partial charge >= 0.3 is 0 Å². The molecule has 2 aromatic rings. The van der Waals surface area contributed by atoms with Gasteiger partial charge in [0.15, 0.2) is 11.5 Å². The Bertz CT molecular complexity index is 693. The molecule has 6 nitrogen and oxygen atoms in total. The van der Waals surface area contributed by atoms with E-state index in [1.165, 1.54) is 24.4 Å². The summed E-state index contributed by atoms with van der Waals surface area (Å²) in [5, 5.41) is 13.0. The fourth-order valence-corrected chi connectivity index (χ4v) is 1.96. The van der Waals surface area contributed by atoms with E-state index in [1.54, 1.807) is 0 Å². The standard InChI is InChI=1S/C12H7BrFN3O3/c13-11-7(3-2-6-15-11)12(18)16-10-8(14)4-1-5-9(10)17(19)20/h1-6H,(H,16,18). The Morgan fingerprint density at radius 2 is 2.10 bits per heavy atom. The topological polar surface area (TPSA) is 85.1 Å². The number of pyridine rings is 1. The molecule has 0 saturated carbocycles. The number of nitro benzene ring substituents is 1. The second-order valence-electron chi connectivity index (χ2n) is 3.69. The number of carbonyl (C=O) groups is 1. The number of hydrogen-bond donors (Lipinski definition) is 1. The molecular formula is C12H7BrFN3O3. The van der Waals surface area contributed by atoms with Crippen molar-refractivity contribution >= 4 is 33.2 Å². The highest BCUT2D eigenvalue weighted by molar-refractivity contribution is 9.10. The lowest BCUT2D eigenvalue weighted by atomic mass is 10.2. The molecule has 0 fully saturated rings. The molecule has 1 aromatic carbocycles. The Hall–Kier alpha value is -2.35. The van der Waals surface area contributed by atoms with E-state index in [-0.39, 0.29) is 10.2 Å². The first-order valence-electron chi connectivity index (χ1n) is 5.35. The van der Waals surface area contributed by atoms with Crippen molar-refractivity contribution in [2.24, 2.45) is 0 Å². The number of para-hydroxylation sites is 1. The predicted octanol–water partition coefficient (Wildman–Crippen LogP) is 3.14. The van der Waals surface area contributed by atoms with Gasteiger partial charge < -0.3 is 5.32 Å². The molecule has 0 aliphatic carbocycles. The molecule has 1 N–H and O–H groups in total. The summed E-state index contributed by atoms with van der Waals surface area (Å²) in [4.78, 5) is 25.9. The van der Waals surface area contributed by atoms with Gasteiger partial charge in [-0.25, -0.2) is 9.37 Å². The van der Waals surface area contributed by atoms with Gasteiger partial charge in [0.05, 0.1) is 10.5 Å². The molecule has 0 unspecified atom stereocenters. The third-order valence-corrected chi connectivity index (χ3v) is 3.06. The quantitative estimate of drug-likeness (QED) is 0.528. The molecule has 102 valence electrons. The largest absolute Gasteiger partial charge is 0.314 e. The summed E-state index contributed by atoms with van der Waals surface area (Å²) in [6, 6.07) is 6.32. The first-order valence-corrected chi connectivity index (χ1v) is 6.15. The van der Waals surface area contributed by atoms with Crippen molar-refractivity contribution in [1.29, 1.82) is 0 Å². The lowest BCUT2D eigenvalue weighted by molar-refractivity contribution is -0.384. The number of hydrogen-bond acceptors (Lipinski definition) is 4. The van der Waals surface area contributed by atoms with E-state index >= 15 is 0 Å². The van der Waals surface area contributed by atoms with Gasteiger partial charge in [-0.1, -0.05) is 6.07 Å². The molecule has 0 saturated heterocycles. The zero-order chi connectivity index (χ0) is 14.7. The third-order valence-electron chi connectivity index (χ3n) is 2.43. The molecule has 0 bridgehead atoms. The van der Waals surface area contributed by atoms with Crippen molar-refractivity contribution in [2.75, 3.05) is 5.32 Å². The van der Waals surface area contributed by atoms with Gasteiger partial charge in [-0.05, 0) is 34.1 Å². The summed E-state index contributed by atoms with van der Waals surface area (Å²) < 4.78 is 13.9. The summed E-state index contributed by atoms with van der Waals surface area (Å²) >= 11 is 3.08. The monoisotopic (exact) mass is 339 g/mol. The molecular weight excluding hydrogens is 333 g/mol. The summed E-state index contributed by atoms with van der Waals surface area (Å²) in [5.41, 5.74) is -0.846. The minimum Gasteiger partial charge on any atom is -0.314 e. The molecule has 1 aromatic heterocycles. The van der Waals surface area contributed by atoms with Gasteiger partial charge in [0.1, 0.15) is 4.60 Å². The van der Waals surface area contributed by atoms with E-state index in [1.807, 2.05) is 0 Å². The maximum absolute atomic E-state index is 13.6. The van der Waals surface area contributed by atoms with E-state index in [0.717, 1.165) is 12.1 Å². The number of nitrogens with zero attached hydrogens (tertiary/aromatic N) is 2. The molecule has 20 heavy (non-hydrogen) atoms. The number of halogens is 2. The minimum atomic E-state index is -0.882. The number of anilines is 1. The van der Waals surface area contributed by atoms with Crippen LogP contribution in [0.2, 0.25) is 0 Å². The van der Waals surface area contributed by atoms with E-state index in [4.69, 9.17) is 0 Å². The smallest absolute Gasteiger partial charge is 0.295 e. The number of carbonyl (C=O) groups excluding carboxylic acids is 1. The summed E-state index contributed by atoms with van der Waals surface area (Å²) in [5.74, 6) is -1.58. The lowest BCUT2D eigenvalue weighted by Gasteiger charge is -2.07. The van der Waals surface area contributed by atoms with Crippen LogP contribution in [0.4, 0.5) is 15.8 Å². The van der Waals surface area contributed by atoms with Crippen LogP contribution >= 0.6 is 15.9 Å². The van der Waals surface area contributed by atoms with Gasteiger partial charge in [-0.2, -0.15) is 0 Å². The number of aromatic nitrogens is 1. The number of amides is 1. The average Bonchev–Trinajstić information content (AvgIpc) is 2.41. The summed E-state index contributed by atoms with van der Waals surface area (Å²) in [6.45, 7) is 0. The van der Waals surface area contributed by atoms with Crippen molar-refractivity contribution in [3.63, 3.8) is 0 Å². The van der Waals surface area contributed by atoms with E-state index in [2.05, 4.69) is 26.2 Å². The SMILES string of the molecule is O=C(Nc1c(F)cccc1[N+](=O)[O-])c1cccnc1Br. The van der Waals surface area contributed by atoms with Gasteiger partial charge in [0.25, 0.3) is 11.6 Å². The van der Waals surface area contributed by atoms with E-state index < -0.39 is 28.0 Å². The van der Waals surface area contributed by atoms with Gasteiger partial charge in [0.2, 0.25) is 0 Å². The van der Waals surface area contributed by atoms with Gasteiger partial charge in [-0.3, -0.25) is 14.9 Å². The predicted molar refractivity (Wildman–Crippen MR) is 72.9 cm³/mol. The molecule has 0 spiro atoms. The van der Waals surface area contributed by atoms with Crippen LogP contribution in [-0.4, -0.2) is 15.8 Å². The van der Waals surface area contributed by atoms with Crippen molar-refractivity contribution < 1.29 is 14.1 Å². The fourth-order valence-electron chi connectivity index (χ4n) is 1.52. The Kier molecular flexibility index (Phi) is 4.04. The highest BCUT2D eigenvalue weighted by Crippen LogP contribution is 2.28. The molecule has 1 heterocycles. The normalized spacial score (nSPS) is 10.1. The Balaban J connectivity index is 2.38. The average molecular weight is 340 g/mol. The van der Waals surface area contributed by atoms with Crippen LogP contribution in [0.1, 0.15) is 10.4 Å². The molecule has 2 rings (SSSR count). The first-order chi connectivity index (χ1) is 9.50. The zero-order valence-electron chi connectivity index (χ0n) is 9.84. The highest BCUT2D eigenvalue weighted by Gasteiger charge is 2.21. The third kappa shape index (κ3) is 2.80. The molecule has 8 heteroatoms. The molecule has 0 atom stereocenters. The van der Waals surface area contributed by atoms with Crippen LogP contribution in [-0.2, 0) is 0 Å². The Labute approximate surface area is 120 Å². The lowest BCUT2D eigenvalue weighted by Crippen LogP contribution is -2.15. The molecule has 1 amide bonds. The summed E-state index contributed by atoms with van der Waals surface area (Å²) in [7, 11) is 0. The number of nitro groups is 1. The highest BCUT2D eigenvalue weighted by atomic mass is 79.9. The molecule has 0 radical (unpaired) electrons. The maximum atomic E-state index is 13.6. The first kappa shape index (κ1) is 14.1. The minimum absolute atomic E-state index is 0.144. The van der Waals surface area contributed by atoms with Crippen molar-refractivity contribution in [3.8, 4) is 0 Å². The Morgan fingerprint density at radius 1 is 1.35 bits per heavy atom. The van der Waals surface area contributed by atoms with Crippen LogP contribution in [0, 0.1) is 15.9 Å². The summed E-state index contributed by atoms with van der Waals surface area (Å²) in [6.07, 6.45) is 1.46. The van der Waals surface area contributed by atoms with Crippen LogP contribution in [0.15, 0.2) is 41.1 Å². The Morgan fingerprint density at radius 3 is 2.75 bits per heavy atom. The van der Waals surface area contributed by atoms with Gasteiger partial charge in [0, 0.05) is 12.3 Å². The van der Waals surface area contributed by atoms with Crippen LogP contribution in [0.25, 0.3) is 0 Å². The van der Waals surface area contributed by atoms with E-state index in [0.29, 0.717) is 0 Å². The second kappa shape index (κ2) is 5.74. The van der Waals surface area contributed by atoms with Crippen molar-refractivity contribution in [1.82, 2.24) is 4.98 Å². The second-order valence-corrected chi connectivity index (χ2v) is 4.44. The molecule has 0 aliphatic heterocycles. The van der Waals surface area contributed by atoms with Crippen LogP contribution in [0.3, 0.4) is 0 Å². The van der Waals surface area contributed by atoms with E-state index in [9.17, 15) is 19.3 Å². The fraction of sp³-hybridized carbons (Fsp3) is 0. The number of benzene rings is 1. The van der Waals surface area contributed by atoms with Crippen molar-refractivity contribution in [2.45, 2.75) is 0 Å². The maximum Gasteiger partial charge on any atom is 0.295 e. The molecule has 0 aliphatic rings. The van der Waals surface area contributed by atoms with Gasteiger partial charge in [-0.15, -0.1) is 0 Å². The number of nitrogens with one attached hydrogen (secondary N) is 1.